The van der Waals surface area contributed by atoms with E-state index in [0.717, 1.165) is 5.56 Å². The van der Waals surface area contributed by atoms with Gasteiger partial charge < -0.3 is 0 Å². The van der Waals surface area contributed by atoms with E-state index >= 15 is 0 Å². The second kappa shape index (κ2) is 6.20. The van der Waals surface area contributed by atoms with Crippen LogP contribution in [0.3, 0.4) is 0 Å². The van der Waals surface area contributed by atoms with Crippen molar-refractivity contribution < 1.29 is 8.42 Å². The van der Waals surface area contributed by atoms with Crippen LogP contribution < -0.4 is 4.72 Å². The molecule has 2 rings (SSSR count). The molecular formula is C16H19NO2S. The summed E-state index contributed by atoms with van der Waals surface area (Å²) in [7, 11) is -3.44. The van der Waals surface area contributed by atoms with Gasteiger partial charge in [-0.2, -0.15) is 0 Å². The van der Waals surface area contributed by atoms with Crippen LogP contribution in [0.5, 0.6) is 0 Å². The van der Waals surface area contributed by atoms with Crippen molar-refractivity contribution >= 4 is 10.0 Å². The Kier molecular flexibility index (Phi) is 4.57. The molecule has 1 N–H and O–H groups in total. The third kappa shape index (κ3) is 3.68. The summed E-state index contributed by atoms with van der Waals surface area (Å²) in [6.07, 6.45) is 0.679. The number of rotatable bonds is 5. The molecule has 0 aliphatic carbocycles. The molecule has 0 saturated carbocycles. The fourth-order valence-corrected chi connectivity index (χ4v) is 3.41. The molecule has 0 aliphatic rings. The highest BCUT2D eigenvalue weighted by Gasteiger charge is 2.17. The highest BCUT2D eigenvalue weighted by atomic mass is 32.2. The minimum Gasteiger partial charge on any atom is -0.208 e. The van der Waals surface area contributed by atoms with E-state index in [9.17, 15) is 8.42 Å². The van der Waals surface area contributed by atoms with Gasteiger partial charge in [-0.15, -0.1) is 0 Å². The van der Waals surface area contributed by atoms with Gasteiger partial charge in [-0.3, -0.25) is 0 Å². The molecule has 20 heavy (non-hydrogen) atoms. The molecule has 0 aromatic heterocycles. The van der Waals surface area contributed by atoms with Crippen LogP contribution in [-0.4, -0.2) is 14.5 Å². The van der Waals surface area contributed by atoms with Gasteiger partial charge in [0.05, 0.1) is 4.90 Å². The molecule has 4 heteroatoms. The molecule has 0 aliphatic heterocycles. The Hall–Kier alpha value is -1.65. The van der Waals surface area contributed by atoms with E-state index in [1.54, 1.807) is 30.3 Å². The van der Waals surface area contributed by atoms with Crippen LogP contribution in [0.1, 0.15) is 18.1 Å². The summed E-state index contributed by atoms with van der Waals surface area (Å²) in [5.41, 5.74) is 2.34. The highest BCUT2D eigenvalue weighted by molar-refractivity contribution is 7.89. The summed E-state index contributed by atoms with van der Waals surface area (Å²) in [5.74, 6) is 0. The molecule has 0 amide bonds. The summed E-state index contributed by atoms with van der Waals surface area (Å²) in [5, 5.41) is 0. The van der Waals surface area contributed by atoms with E-state index in [0.29, 0.717) is 11.3 Å². The van der Waals surface area contributed by atoms with Gasteiger partial charge in [0.25, 0.3) is 0 Å². The summed E-state index contributed by atoms with van der Waals surface area (Å²) in [4.78, 5) is 0.302. The van der Waals surface area contributed by atoms with Crippen LogP contribution in [0.15, 0.2) is 59.5 Å². The van der Waals surface area contributed by atoms with Crippen LogP contribution in [0, 0.1) is 6.92 Å². The van der Waals surface area contributed by atoms with Crippen LogP contribution >= 0.6 is 0 Å². The molecule has 106 valence electrons. The zero-order valence-corrected chi connectivity index (χ0v) is 12.5. The summed E-state index contributed by atoms with van der Waals surface area (Å²) in [6, 6.07) is 16.3. The van der Waals surface area contributed by atoms with Gasteiger partial charge in [0.15, 0.2) is 0 Å². The van der Waals surface area contributed by atoms with Crippen LogP contribution in [-0.2, 0) is 16.4 Å². The lowest BCUT2D eigenvalue weighted by molar-refractivity contribution is 0.559. The minimum absolute atomic E-state index is 0.152. The largest absolute Gasteiger partial charge is 0.240 e. The van der Waals surface area contributed by atoms with Crippen molar-refractivity contribution in [2.24, 2.45) is 0 Å². The van der Waals surface area contributed by atoms with Gasteiger partial charge in [-0.25, -0.2) is 13.1 Å². The number of nitrogens with one attached hydrogen (secondary N) is 1. The van der Waals surface area contributed by atoms with E-state index in [2.05, 4.69) is 4.72 Å². The lowest BCUT2D eigenvalue weighted by atomic mass is 10.0. The Labute approximate surface area is 120 Å². The van der Waals surface area contributed by atoms with Crippen molar-refractivity contribution in [3.8, 4) is 0 Å². The molecule has 1 atom stereocenters. The van der Waals surface area contributed by atoms with Crippen molar-refractivity contribution in [3.05, 3.63) is 65.7 Å². The van der Waals surface area contributed by atoms with Crippen LogP contribution in [0.2, 0.25) is 0 Å². The molecule has 1 unspecified atom stereocenters. The molecule has 0 spiro atoms. The predicted octanol–water partition coefficient (Wildman–Crippen LogP) is 2.90. The maximum Gasteiger partial charge on any atom is 0.240 e. The van der Waals surface area contributed by atoms with Gasteiger partial charge in [0.1, 0.15) is 0 Å². The van der Waals surface area contributed by atoms with Crippen molar-refractivity contribution in [1.82, 2.24) is 4.72 Å². The summed E-state index contributed by atoms with van der Waals surface area (Å²) >= 11 is 0. The first-order valence-electron chi connectivity index (χ1n) is 6.61. The van der Waals surface area contributed by atoms with Crippen LogP contribution in [0.25, 0.3) is 0 Å². The summed E-state index contributed by atoms with van der Waals surface area (Å²) < 4.78 is 27.1. The van der Waals surface area contributed by atoms with E-state index in [1.807, 2.05) is 38.1 Å². The normalized spacial score (nSPS) is 13.1. The number of aryl methyl sites for hydroxylation is 1. The fraction of sp³-hybridized carbons (Fsp3) is 0.250. The molecule has 0 bridgehead atoms. The Morgan fingerprint density at radius 2 is 1.60 bits per heavy atom. The molecule has 0 saturated heterocycles. The second-order valence-electron chi connectivity index (χ2n) is 4.97. The molecule has 0 radical (unpaired) electrons. The zero-order chi connectivity index (χ0) is 14.6. The molecule has 0 heterocycles. The van der Waals surface area contributed by atoms with Crippen molar-refractivity contribution in [1.29, 1.82) is 0 Å². The second-order valence-corrected chi connectivity index (χ2v) is 6.68. The maximum atomic E-state index is 12.2. The molecular weight excluding hydrogens is 270 g/mol. The van der Waals surface area contributed by atoms with Crippen molar-refractivity contribution in [2.75, 3.05) is 0 Å². The quantitative estimate of drug-likeness (QED) is 0.920. The van der Waals surface area contributed by atoms with Gasteiger partial charge in [-0.1, -0.05) is 42.5 Å². The minimum atomic E-state index is -3.44. The van der Waals surface area contributed by atoms with Gasteiger partial charge in [0.2, 0.25) is 10.0 Å². The molecule has 2 aromatic carbocycles. The number of benzene rings is 2. The van der Waals surface area contributed by atoms with E-state index < -0.39 is 10.0 Å². The Bertz CT molecular complexity index is 666. The van der Waals surface area contributed by atoms with E-state index in [-0.39, 0.29) is 6.04 Å². The average molecular weight is 289 g/mol. The number of hydrogen-bond acceptors (Lipinski definition) is 2. The average Bonchev–Trinajstić information content (AvgIpc) is 2.42. The monoisotopic (exact) mass is 289 g/mol. The lowest BCUT2D eigenvalue weighted by Gasteiger charge is -2.15. The lowest BCUT2D eigenvalue weighted by Crippen LogP contribution is -2.34. The van der Waals surface area contributed by atoms with Gasteiger partial charge in [0, 0.05) is 6.04 Å². The van der Waals surface area contributed by atoms with Gasteiger partial charge in [-0.05, 0) is 43.5 Å². The third-order valence-electron chi connectivity index (χ3n) is 3.20. The number of hydrogen-bond donors (Lipinski definition) is 1. The summed E-state index contributed by atoms with van der Waals surface area (Å²) in [6.45, 7) is 3.92. The smallest absolute Gasteiger partial charge is 0.208 e. The Balaban J connectivity index is 2.09. The Morgan fingerprint density at radius 1 is 1.00 bits per heavy atom. The first-order valence-corrected chi connectivity index (χ1v) is 8.09. The SMILES string of the molecule is Cc1ccccc1CC(C)NS(=O)(=O)c1ccccc1. The van der Waals surface area contributed by atoms with E-state index in [1.165, 1.54) is 5.56 Å². The molecule has 0 fully saturated rings. The third-order valence-corrected chi connectivity index (χ3v) is 4.80. The molecule has 2 aromatic rings. The predicted molar refractivity (Wildman–Crippen MR) is 81.1 cm³/mol. The molecule has 3 nitrogen and oxygen atoms in total. The zero-order valence-electron chi connectivity index (χ0n) is 11.7. The maximum absolute atomic E-state index is 12.2. The number of sulfonamides is 1. The first-order chi connectivity index (χ1) is 9.49. The topological polar surface area (TPSA) is 46.2 Å². The van der Waals surface area contributed by atoms with Crippen molar-refractivity contribution in [3.63, 3.8) is 0 Å². The van der Waals surface area contributed by atoms with Gasteiger partial charge >= 0.3 is 0 Å². The fourth-order valence-electron chi connectivity index (χ4n) is 2.14. The highest BCUT2D eigenvalue weighted by Crippen LogP contribution is 2.12. The van der Waals surface area contributed by atoms with Crippen LogP contribution in [0.4, 0.5) is 0 Å². The Morgan fingerprint density at radius 3 is 2.25 bits per heavy atom. The standard InChI is InChI=1S/C16H19NO2S/c1-13-8-6-7-9-15(13)12-14(2)17-20(18,19)16-10-4-3-5-11-16/h3-11,14,17H,12H2,1-2H3. The van der Waals surface area contributed by atoms with Crippen molar-refractivity contribution in [2.45, 2.75) is 31.2 Å². The van der Waals surface area contributed by atoms with E-state index in [4.69, 9.17) is 0 Å². The first kappa shape index (κ1) is 14.8.